The Kier molecular flexibility index (Phi) is 6.65. The van der Waals surface area contributed by atoms with E-state index in [0.29, 0.717) is 17.1 Å². The monoisotopic (exact) mass is 327 g/mol. The number of amides is 1. The molecule has 7 heteroatoms. The smallest absolute Gasteiger partial charge is 0.407 e. The summed E-state index contributed by atoms with van der Waals surface area (Å²) >= 11 is 0. The van der Waals surface area contributed by atoms with E-state index in [1.165, 1.54) is 14.2 Å². The maximum atomic E-state index is 11.6. The topological polar surface area (TPSA) is 97.2 Å². The first-order valence-corrected chi connectivity index (χ1v) is 7.23. The lowest BCUT2D eigenvalue weighted by molar-refractivity contribution is 0.0117. The van der Waals surface area contributed by atoms with E-state index in [9.17, 15) is 15.0 Å². The number of carbonyl (C=O) groups excluding carboxylic acids is 1. The summed E-state index contributed by atoms with van der Waals surface area (Å²) in [4.78, 5) is 11.6. The van der Waals surface area contributed by atoms with Crippen LogP contribution in [0.1, 0.15) is 32.4 Å². The highest BCUT2D eigenvalue weighted by atomic mass is 16.6. The number of para-hydroxylation sites is 1. The van der Waals surface area contributed by atoms with Crippen LogP contribution in [0, 0.1) is 0 Å². The molecule has 0 aliphatic rings. The fraction of sp³-hybridized carbons (Fsp3) is 0.562. The van der Waals surface area contributed by atoms with E-state index in [-0.39, 0.29) is 6.54 Å². The molecule has 0 radical (unpaired) electrons. The molecule has 2 atom stereocenters. The molecule has 0 bridgehead atoms. The van der Waals surface area contributed by atoms with Crippen LogP contribution in [0.25, 0.3) is 0 Å². The van der Waals surface area contributed by atoms with Gasteiger partial charge in [0.25, 0.3) is 0 Å². The second kappa shape index (κ2) is 8.03. The van der Waals surface area contributed by atoms with Crippen LogP contribution in [0.15, 0.2) is 18.2 Å². The molecule has 0 aliphatic carbocycles. The number of hydrogen-bond donors (Lipinski definition) is 3. The number of aliphatic hydroxyl groups is 2. The molecule has 1 aromatic rings. The summed E-state index contributed by atoms with van der Waals surface area (Å²) < 4.78 is 15.4. The molecule has 1 aromatic carbocycles. The second-order valence-electron chi connectivity index (χ2n) is 5.98. The number of methoxy groups -OCH3 is 2. The zero-order chi connectivity index (χ0) is 17.6. The van der Waals surface area contributed by atoms with E-state index in [2.05, 4.69) is 5.32 Å². The molecule has 7 nitrogen and oxygen atoms in total. The third-order valence-electron chi connectivity index (χ3n) is 2.97. The van der Waals surface area contributed by atoms with E-state index < -0.39 is 23.9 Å². The van der Waals surface area contributed by atoms with Crippen molar-refractivity contribution in [1.29, 1.82) is 0 Å². The Labute approximate surface area is 136 Å². The van der Waals surface area contributed by atoms with Gasteiger partial charge >= 0.3 is 6.09 Å². The minimum Gasteiger partial charge on any atom is -0.493 e. The van der Waals surface area contributed by atoms with Crippen molar-refractivity contribution in [3.63, 3.8) is 0 Å². The van der Waals surface area contributed by atoms with Crippen molar-refractivity contribution < 1.29 is 29.2 Å². The average molecular weight is 327 g/mol. The highest BCUT2D eigenvalue weighted by Gasteiger charge is 2.25. The maximum absolute atomic E-state index is 11.6. The standard InChI is InChI=1S/C16H25NO6/c1-16(2,3)23-15(20)17-9-11(18)13(19)10-7-6-8-12(21-4)14(10)22-5/h6-8,11,13,18-19H,9H2,1-5H3,(H,17,20). The van der Waals surface area contributed by atoms with Gasteiger partial charge in [-0.1, -0.05) is 12.1 Å². The summed E-state index contributed by atoms with van der Waals surface area (Å²) in [7, 11) is 2.92. The van der Waals surface area contributed by atoms with Crippen molar-refractivity contribution in [3.05, 3.63) is 23.8 Å². The minimum absolute atomic E-state index is 0.170. The van der Waals surface area contributed by atoms with Crippen molar-refractivity contribution in [1.82, 2.24) is 5.32 Å². The lowest BCUT2D eigenvalue weighted by Crippen LogP contribution is -2.38. The summed E-state index contributed by atoms with van der Waals surface area (Å²) in [5.74, 6) is 0.773. The van der Waals surface area contributed by atoms with Gasteiger partial charge in [0, 0.05) is 12.1 Å². The summed E-state index contributed by atoms with van der Waals surface area (Å²) in [5, 5.41) is 22.8. The van der Waals surface area contributed by atoms with E-state index in [0.717, 1.165) is 0 Å². The van der Waals surface area contributed by atoms with Crippen molar-refractivity contribution >= 4 is 6.09 Å². The van der Waals surface area contributed by atoms with E-state index in [1.807, 2.05) is 0 Å². The Morgan fingerprint density at radius 1 is 1.22 bits per heavy atom. The van der Waals surface area contributed by atoms with Crippen LogP contribution in [0.4, 0.5) is 4.79 Å². The minimum atomic E-state index is -1.25. The highest BCUT2D eigenvalue weighted by molar-refractivity contribution is 5.67. The first-order chi connectivity index (χ1) is 10.7. The van der Waals surface area contributed by atoms with Gasteiger partial charge in [-0.25, -0.2) is 4.79 Å². The lowest BCUT2D eigenvalue weighted by Gasteiger charge is -2.23. The van der Waals surface area contributed by atoms with Gasteiger partial charge < -0.3 is 29.7 Å². The van der Waals surface area contributed by atoms with Gasteiger partial charge in [0.2, 0.25) is 0 Å². The average Bonchev–Trinajstić information content (AvgIpc) is 2.49. The molecule has 0 saturated heterocycles. The number of benzene rings is 1. The number of hydrogen-bond acceptors (Lipinski definition) is 6. The third-order valence-corrected chi connectivity index (χ3v) is 2.97. The van der Waals surface area contributed by atoms with Gasteiger partial charge in [0.05, 0.1) is 14.2 Å². The Balaban J connectivity index is 2.74. The van der Waals surface area contributed by atoms with Crippen LogP contribution in [0.5, 0.6) is 11.5 Å². The van der Waals surface area contributed by atoms with Crippen LogP contribution < -0.4 is 14.8 Å². The molecule has 1 rings (SSSR count). The van der Waals surface area contributed by atoms with E-state index >= 15 is 0 Å². The van der Waals surface area contributed by atoms with Crippen LogP contribution >= 0.6 is 0 Å². The molecular weight excluding hydrogens is 302 g/mol. The molecule has 23 heavy (non-hydrogen) atoms. The molecular formula is C16H25NO6. The van der Waals surface area contributed by atoms with Crippen LogP contribution in [-0.2, 0) is 4.74 Å². The van der Waals surface area contributed by atoms with Gasteiger partial charge in [0.1, 0.15) is 17.8 Å². The van der Waals surface area contributed by atoms with E-state index in [1.54, 1.807) is 39.0 Å². The van der Waals surface area contributed by atoms with Gasteiger partial charge in [-0.15, -0.1) is 0 Å². The fourth-order valence-corrected chi connectivity index (χ4v) is 1.97. The van der Waals surface area contributed by atoms with Crippen LogP contribution in [-0.4, -0.2) is 48.8 Å². The third kappa shape index (κ3) is 5.61. The van der Waals surface area contributed by atoms with Crippen LogP contribution in [0.3, 0.4) is 0 Å². The number of rotatable bonds is 6. The molecule has 130 valence electrons. The lowest BCUT2D eigenvalue weighted by atomic mass is 10.0. The number of nitrogens with one attached hydrogen (secondary N) is 1. The summed E-state index contributed by atoms with van der Waals surface area (Å²) in [6.07, 6.45) is -3.15. The van der Waals surface area contributed by atoms with Gasteiger partial charge in [-0.3, -0.25) is 0 Å². The second-order valence-corrected chi connectivity index (χ2v) is 5.98. The quantitative estimate of drug-likeness (QED) is 0.735. The number of alkyl carbamates (subject to hydrolysis) is 1. The molecule has 0 aromatic heterocycles. The predicted octanol–water partition coefficient (Wildman–Crippen LogP) is 1.62. The van der Waals surface area contributed by atoms with Gasteiger partial charge in [-0.2, -0.15) is 0 Å². The zero-order valence-corrected chi connectivity index (χ0v) is 14.1. The van der Waals surface area contributed by atoms with Crippen molar-refractivity contribution in [2.45, 2.75) is 38.6 Å². The van der Waals surface area contributed by atoms with Gasteiger partial charge in [-0.05, 0) is 26.8 Å². The molecule has 0 saturated carbocycles. The fourth-order valence-electron chi connectivity index (χ4n) is 1.97. The molecule has 0 aliphatic heterocycles. The number of aliphatic hydroxyl groups excluding tert-OH is 2. The van der Waals surface area contributed by atoms with Gasteiger partial charge in [0.15, 0.2) is 11.5 Å². The first-order valence-electron chi connectivity index (χ1n) is 7.23. The number of carbonyl (C=O) groups is 1. The Morgan fingerprint density at radius 3 is 2.39 bits per heavy atom. The molecule has 0 fully saturated rings. The summed E-state index contributed by atoms with van der Waals surface area (Å²) in [6.45, 7) is 5.04. The largest absolute Gasteiger partial charge is 0.493 e. The van der Waals surface area contributed by atoms with Crippen molar-refractivity contribution in [3.8, 4) is 11.5 Å². The van der Waals surface area contributed by atoms with Crippen molar-refractivity contribution in [2.24, 2.45) is 0 Å². The molecule has 0 spiro atoms. The van der Waals surface area contributed by atoms with Crippen molar-refractivity contribution in [2.75, 3.05) is 20.8 Å². The molecule has 3 N–H and O–H groups in total. The Morgan fingerprint density at radius 2 is 1.87 bits per heavy atom. The number of ether oxygens (including phenoxy) is 3. The molecule has 2 unspecified atom stereocenters. The Hall–Kier alpha value is -1.99. The normalized spacial score (nSPS) is 13.9. The van der Waals surface area contributed by atoms with Crippen LogP contribution in [0.2, 0.25) is 0 Å². The SMILES string of the molecule is COc1cccc(C(O)C(O)CNC(=O)OC(C)(C)C)c1OC. The summed E-state index contributed by atoms with van der Waals surface area (Å²) in [5.41, 5.74) is -0.269. The molecule has 0 heterocycles. The molecule has 1 amide bonds. The summed E-state index contributed by atoms with van der Waals surface area (Å²) in [6, 6.07) is 4.97. The first kappa shape index (κ1) is 19.1. The highest BCUT2D eigenvalue weighted by Crippen LogP contribution is 2.35. The Bertz CT molecular complexity index is 526. The zero-order valence-electron chi connectivity index (χ0n) is 14.1. The maximum Gasteiger partial charge on any atom is 0.407 e. The predicted molar refractivity (Wildman–Crippen MR) is 84.7 cm³/mol. The van der Waals surface area contributed by atoms with E-state index in [4.69, 9.17) is 14.2 Å².